The summed E-state index contributed by atoms with van der Waals surface area (Å²) in [6.07, 6.45) is 1.83. The monoisotopic (exact) mass is 160 g/mol. The maximum absolute atomic E-state index is 5.75. The zero-order valence-corrected chi connectivity index (χ0v) is 7.41. The van der Waals surface area contributed by atoms with Crippen LogP contribution >= 0.6 is 0 Å². The summed E-state index contributed by atoms with van der Waals surface area (Å²) in [5.41, 5.74) is 2.35. The molecular weight excluding hydrogens is 146 g/mol. The molecule has 2 rings (SSSR count). The van der Waals surface area contributed by atoms with Crippen LogP contribution in [0.4, 0.5) is 0 Å². The number of rotatable bonds is 0. The molecule has 0 saturated carbocycles. The van der Waals surface area contributed by atoms with Crippen LogP contribution in [0.25, 0.3) is 10.9 Å². The maximum Gasteiger partial charge on any atom is 0.0731 e. The highest BCUT2D eigenvalue weighted by Gasteiger charge is 1.93. The van der Waals surface area contributed by atoms with Gasteiger partial charge in [-0.3, -0.25) is 4.98 Å². The van der Waals surface area contributed by atoms with Crippen LogP contribution in [0.3, 0.4) is 0 Å². The van der Waals surface area contributed by atoms with Gasteiger partial charge in [0.05, 0.1) is 5.52 Å². The third kappa shape index (κ3) is 1.30. The zero-order valence-electron chi connectivity index (χ0n) is 8.41. The van der Waals surface area contributed by atoms with E-state index in [1.807, 2.05) is 12.3 Å². The van der Waals surface area contributed by atoms with E-state index >= 15 is 0 Å². The Morgan fingerprint density at radius 3 is 2.75 bits per heavy atom. The number of nitrogens with zero attached hydrogens (tertiary/aromatic N) is 1. The number of pyridine rings is 1. The number of hydrogen-bond donors (Lipinski definition) is 0. The Bertz CT molecular complexity index is 379. The number of para-hydroxylation sites is 1. The summed E-state index contributed by atoms with van der Waals surface area (Å²) in [7, 11) is 1.25. The Morgan fingerprint density at radius 1 is 1.25 bits per heavy atom. The van der Waals surface area contributed by atoms with Gasteiger partial charge in [0.1, 0.15) is 0 Å². The summed E-state index contributed by atoms with van der Waals surface area (Å²) < 4.78 is 5.75. The van der Waals surface area contributed by atoms with Gasteiger partial charge in [0.15, 0.2) is 0 Å². The van der Waals surface area contributed by atoms with Crippen molar-refractivity contribution in [3.63, 3.8) is 0 Å². The highest BCUT2D eigenvalue weighted by atomic mass is 14.6. The summed E-state index contributed by atoms with van der Waals surface area (Å²) in [6.45, 7) is 2.08. The van der Waals surface area contributed by atoms with E-state index in [0.717, 1.165) is 5.52 Å². The van der Waals surface area contributed by atoms with Crippen molar-refractivity contribution in [1.29, 1.82) is 0 Å². The second-order valence-electron chi connectivity index (χ2n) is 2.65. The molecule has 62 valence electrons. The minimum absolute atomic E-state index is 1.11. The van der Waals surface area contributed by atoms with Crippen LogP contribution in [0.1, 0.15) is 14.3 Å². The molecule has 0 spiro atoms. The summed E-state index contributed by atoms with van der Waals surface area (Å²) in [4.78, 5) is 4.28. The highest BCUT2D eigenvalue weighted by Crippen LogP contribution is 2.13. The van der Waals surface area contributed by atoms with E-state index in [1.54, 1.807) is 0 Å². The van der Waals surface area contributed by atoms with Crippen LogP contribution in [0.15, 0.2) is 36.5 Å². The lowest BCUT2D eigenvalue weighted by molar-refractivity contribution is 1.37. The second kappa shape index (κ2) is 3.35. The van der Waals surface area contributed by atoms with Gasteiger partial charge in [-0.25, -0.2) is 0 Å². The summed E-state index contributed by atoms with van der Waals surface area (Å²) in [5, 5.41) is 1.22. The summed E-state index contributed by atoms with van der Waals surface area (Å²) >= 11 is 0. The average molecular weight is 160 g/mol. The molecule has 0 amide bonds. The first-order valence-corrected chi connectivity index (χ1v) is 3.68. The molecule has 1 aromatic carbocycles. The Kier molecular flexibility index (Phi) is 2.04. The molecule has 0 radical (unpaired) electrons. The molecule has 12 heavy (non-hydrogen) atoms. The number of aromatic nitrogens is 1. The number of aryl methyl sites for hydroxylation is 1. The van der Waals surface area contributed by atoms with Crippen LogP contribution in [-0.4, -0.2) is 4.98 Å². The van der Waals surface area contributed by atoms with Gasteiger partial charge in [-0.2, -0.15) is 0 Å². The normalized spacial score (nSPS) is 10.0. The largest absolute Gasteiger partial charge is 0.256 e. The van der Waals surface area contributed by atoms with Crippen LogP contribution in [0.2, 0.25) is 0 Å². The summed E-state index contributed by atoms with van der Waals surface area (Å²) in [5.74, 6) is 0. The second-order valence-corrected chi connectivity index (χ2v) is 2.65. The van der Waals surface area contributed by atoms with E-state index in [9.17, 15) is 0 Å². The fourth-order valence-electron chi connectivity index (χ4n) is 1.26. The first-order chi connectivity index (χ1) is 6.38. The Hall–Kier alpha value is -1.37. The molecule has 0 aliphatic heterocycles. The first-order valence-electron chi connectivity index (χ1n) is 4.68. The van der Waals surface area contributed by atoms with Crippen molar-refractivity contribution in [2.24, 2.45) is 0 Å². The fourth-order valence-corrected chi connectivity index (χ4v) is 1.26. The van der Waals surface area contributed by atoms with E-state index in [4.69, 9.17) is 1.37 Å². The van der Waals surface area contributed by atoms with Crippen LogP contribution in [0.5, 0.6) is 0 Å². The van der Waals surface area contributed by atoms with Crippen molar-refractivity contribution in [3.05, 3.63) is 42.1 Å². The van der Waals surface area contributed by atoms with Gasteiger partial charge in [0.2, 0.25) is 0 Å². The molecule has 0 fully saturated rings. The van der Waals surface area contributed by atoms with Crippen molar-refractivity contribution < 1.29 is 1.37 Å². The Balaban J connectivity index is 0.000000396. The van der Waals surface area contributed by atoms with Crippen LogP contribution < -0.4 is 0 Å². The standard InChI is InChI=1S/C10H9N.CH4/c1-8-4-2-5-9-6-3-7-11-10(8)9;/h2-7H,1H3;1H4/i;1D. The first kappa shape index (κ1) is 7.29. The van der Waals surface area contributed by atoms with E-state index in [2.05, 4.69) is 36.2 Å². The number of hydrogen-bond acceptors (Lipinski definition) is 1. The minimum atomic E-state index is 1.11. The molecule has 0 unspecified atom stereocenters. The van der Waals surface area contributed by atoms with Crippen molar-refractivity contribution >= 4 is 10.9 Å². The molecule has 0 N–H and O–H groups in total. The van der Waals surface area contributed by atoms with Crippen molar-refractivity contribution in [3.8, 4) is 0 Å². The lowest BCUT2D eigenvalue weighted by Crippen LogP contribution is -1.80. The van der Waals surface area contributed by atoms with E-state index < -0.39 is 0 Å². The lowest BCUT2D eigenvalue weighted by Gasteiger charge is -1.97. The molecule has 1 heterocycles. The summed E-state index contributed by atoms with van der Waals surface area (Å²) in [6, 6.07) is 10.3. The molecule has 1 aromatic heterocycles. The fraction of sp³-hybridized carbons (Fsp3) is 0.182. The van der Waals surface area contributed by atoms with E-state index in [0.29, 0.717) is 0 Å². The topological polar surface area (TPSA) is 12.9 Å². The number of benzene rings is 1. The molecule has 0 atom stereocenters. The molecule has 0 bridgehead atoms. The van der Waals surface area contributed by atoms with Gasteiger partial charge in [-0.1, -0.05) is 31.7 Å². The van der Waals surface area contributed by atoms with Gasteiger partial charge in [-0.05, 0) is 18.6 Å². The average Bonchev–Trinajstić information content (AvgIpc) is 2.22. The molecule has 0 aliphatic carbocycles. The number of fused-ring (bicyclic) bond motifs is 1. The molecule has 1 nitrogen and oxygen atoms in total. The third-order valence-electron chi connectivity index (χ3n) is 1.83. The van der Waals surface area contributed by atoms with Crippen molar-refractivity contribution in [2.75, 3.05) is 0 Å². The zero-order chi connectivity index (χ0) is 9.68. The van der Waals surface area contributed by atoms with E-state index in [-0.39, 0.29) is 0 Å². The quantitative estimate of drug-likeness (QED) is 0.576. The van der Waals surface area contributed by atoms with Crippen LogP contribution in [0, 0.1) is 6.92 Å². The molecular formula is C11H13N. The van der Waals surface area contributed by atoms with Crippen LogP contribution in [-0.2, 0) is 0 Å². The van der Waals surface area contributed by atoms with Gasteiger partial charge < -0.3 is 0 Å². The van der Waals surface area contributed by atoms with Gasteiger partial charge >= 0.3 is 0 Å². The maximum atomic E-state index is 5.75. The Labute approximate surface area is 74.5 Å². The molecule has 1 heteroatoms. The minimum Gasteiger partial charge on any atom is -0.256 e. The van der Waals surface area contributed by atoms with Crippen molar-refractivity contribution in [1.82, 2.24) is 4.98 Å². The van der Waals surface area contributed by atoms with Gasteiger partial charge in [0, 0.05) is 13.0 Å². The molecule has 0 saturated heterocycles. The van der Waals surface area contributed by atoms with Gasteiger partial charge in [-0.15, -0.1) is 0 Å². The third-order valence-corrected chi connectivity index (χ3v) is 1.83. The predicted molar refractivity (Wildman–Crippen MR) is 53.2 cm³/mol. The molecule has 0 aliphatic rings. The Morgan fingerprint density at radius 2 is 2.00 bits per heavy atom. The smallest absolute Gasteiger partial charge is 0.0731 e. The lowest BCUT2D eigenvalue weighted by atomic mass is 10.1. The SMILES string of the molecule is Cc1cccc2cccnc12.[2H]C. The van der Waals surface area contributed by atoms with Gasteiger partial charge in [0.25, 0.3) is 0 Å². The predicted octanol–water partition coefficient (Wildman–Crippen LogP) is 3.18. The molecule has 2 aromatic rings. The van der Waals surface area contributed by atoms with E-state index in [1.165, 1.54) is 18.4 Å². The highest BCUT2D eigenvalue weighted by molar-refractivity contribution is 5.81. The van der Waals surface area contributed by atoms with Crippen molar-refractivity contribution in [2.45, 2.75) is 14.3 Å².